The Morgan fingerprint density at radius 1 is 1.50 bits per heavy atom. The SMILES string of the molecule is Cc1cc(N(CC(N)=O)C(C)C)nc(N)n1. The Morgan fingerprint density at radius 3 is 2.56 bits per heavy atom. The van der Waals surface area contributed by atoms with Crippen LogP contribution in [-0.2, 0) is 4.79 Å². The number of rotatable bonds is 4. The minimum Gasteiger partial charge on any atom is -0.368 e. The predicted octanol–water partition coefficient (Wildman–Crippen LogP) is 0.0673. The molecular formula is C10H17N5O. The minimum atomic E-state index is -0.400. The Kier molecular flexibility index (Phi) is 3.65. The van der Waals surface area contributed by atoms with Gasteiger partial charge < -0.3 is 16.4 Å². The molecule has 88 valence electrons. The van der Waals surface area contributed by atoms with Gasteiger partial charge in [-0.05, 0) is 20.8 Å². The summed E-state index contributed by atoms with van der Waals surface area (Å²) in [7, 11) is 0. The van der Waals surface area contributed by atoms with Crippen LogP contribution in [-0.4, -0.2) is 28.5 Å². The molecule has 16 heavy (non-hydrogen) atoms. The second-order valence-corrected chi connectivity index (χ2v) is 3.91. The van der Waals surface area contributed by atoms with Crippen molar-refractivity contribution in [2.45, 2.75) is 26.8 Å². The molecule has 0 spiro atoms. The van der Waals surface area contributed by atoms with Crippen molar-refractivity contribution < 1.29 is 4.79 Å². The quantitative estimate of drug-likeness (QED) is 0.752. The minimum absolute atomic E-state index is 0.112. The normalized spacial score (nSPS) is 10.5. The van der Waals surface area contributed by atoms with Gasteiger partial charge in [-0.2, -0.15) is 4.98 Å². The molecule has 0 radical (unpaired) electrons. The van der Waals surface area contributed by atoms with E-state index >= 15 is 0 Å². The summed E-state index contributed by atoms with van der Waals surface area (Å²) in [5, 5.41) is 0. The Morgan fingerprint density at radius 2 is 2.12 bits per heavy atom. The van der Waals surface area contributed by atoms with E-state index in [0.29, 0.717) is 5.82 Å². The van der Waals surface area contributed by atoms with Crippen LogP contribution in [0.5, 0.6) is 0 Å². The molecule has 1 aromatic rings. The zero-order chi connectivity index (χ0) is 12.3. The van der Waals surface area contributed by atoms with Crippen LogP contribution < -0.4 is 16.4 Å². The van der Waals surface area contributed by atoms with Crippen LogP contribution in [0.15, 0.2) is 6.07 Å². The Labute approximate surface area is 94.7 Å². The van der Waals surface area contributed by atoms with E-state index in [9.17, 15) is 4.79 Å². The molecule has 0 saturated carbocycles. The van der Waals surface area contributed by atoms with Crippen molar-refractivity contribution in [3.63, 3.8) is 0 Å². The van der Waals surface area contributed by atoms with Gasteiger partial charge in [0, 0.05) is 17.8 Å². The molecular weight excluding hydrogens is 206 g/mol. The Balaban J connectivity index is 3.05. The molecule has 6 nitrogen and oxygen atoms in total. The summed E-state index contributed by atoms with van der Waals surface area (Å²) in [4.78, 5) is 20.8. The Bertz CT molecular complexity index is 371. The summed E-state index contributed by atoms with van der Waals surface area (Å²) in [5.74, 6) is 0.424. The molecule has 0 aromatic carbocycles. The number of nitrogens with zero attached hydrogens (tertiary/aromatic N) is 3. The monoisotopic (exact) mass is 223 g/mol. The molecule has 1 rings (SSSR count). The van der Waals surface area contributed by atoms with E-state index in [1.165, 1.54) is 0 Å². The molecule has 0 bridgehead atoms. The largest absolute Gasteiger partial charge is 0.368 e. The first-order valence-corrected chi connectivity index (χ1v) is 5.06. The van der Waals surface area contributed by atoms with Gasteiger partial charge in [0.05, 0.1) is 6.54 Å². The van der Waals surface area contributed by atoms with Crippen molar-refractivity contribution in [1.29, 1.82) is 0 Å². The van der Waals surface area contributed by atoms with Gasteiger partial charge in [0.25, 0.3) is 0 Å². The average molecular weight is 223 g/mol. The van der Waals surface area contributed by atoms with E-state index < -0.39 is 5.91 Å². The predicted molar refractivity (Wildman–Crippen MR) is 62.9 cm³/mol. The van der Waals surface area contributed by atoms with E-state index in [1.807, 2.05) is 20.8 Å². The smallest absolute Gasteiger partial charge is 0.237 e. The van der Waals surface area contributed by atoms with E-state index in [1.54, 1.807) is 11.0 Å². The fourth-order valence-electron chi connectivity index (χ4n) is 1.42. The second kappa shape index (κ2) is 4.78. The topological polar surface area (TPSA) is 98.1 Å². The number of carbonyl (C=O) groups excluding carboxylic acids is 1. The summed E-state index contributed by atoms with van der Waals surface area (Å²) < 4.78 is 0. The Hall–Kier alpha value is -1.85. The number of nitrogen functional groups attached to an aromatic ring is 1. The number of primary amides is 1. The molecule has 0 saturated heterocycles. The fraction of sp³-hybridized carbons (Fsp3) is 0.500. The average Bonchev–Trinajstić information content (AvgIpc) is 2.11. The van der Waals surface area contributed by atoms with Gasteiger partial charge in [0.1, 0.15) is 5.82 Å². The van der Waals surface area contributed by atoms with Gasteiger partial charge in [-0.15, -0.1) is 0 Å². The summed E-state index contributed by atoms with van der Waals surface area (Å²) in [6.45, 7) is 5.85. The molecule has 6 heteroatoms. The number of amides is 1. The highest BCUT2D eigenvalue weighted by atomic mass is 16.1. The van der Waals surface area contributed by atoms with E-state index in [0.717, 1.165) is 5.69 Å². The van der Waals surface area contributed by atoms with Crippen LogP contribution in [0.3, 0.4) is 0 Å². The molecule has 0 aliphatic rings. The van der Waals surface area contributed by atoms with E-state index in [2.05, 4.69) is 9.97 Å². The third-order valence-electron chi connectivity index (χ3n) is 2.10. The lowest BCUT2D eigenvalue weighted by molar-refractivity contribution is -0.116. The number of hydrogen-bond donors (Lipinski definition) is 2. The van der Waals surface area contributed by atoms with Gasteiger partial charge in [-0.3, -0.25) is 4.79 Å². The zero-order valence-electron chi connectivity index (χ0n) is 9.77. The lowest BCUT2D eigenvalue weighted by Gasteiger charge is -2.26. The van der Waals surface area contributed by atoms with Gasteiger partial charge in [-0.25, -0.2) is 4.98 Å². The number of carbonyl (C=O) groups is 1. The molecule has 4 N–H and O–H groups in total. The van der Waals surface area contributed by atoms with E-state index in [4.69, 9.17) is 11.5 Å². The number of anilines is 2. The molecule has 0 atom stereocenters. The van der Waals surface area contributed by atoms with Crippen molar-refractivity contribution >= 4 is 17.7 Å². The summed E-state index contributed by atoms with van der Waals surface area (Å²) >= 11 is 0. The summed E-state index contributed by atoms with van der Waals surface area (Å²) in [6, 6.07) is 1.89. The second-order valence-electron chi connectivity index (χ2n) is 3.91. The summed E-state index contributed by atoms with van der Waals surface area (Å²) in [6.07, 6.45) is 0. The van der Waals surface area contributed by atoms with Crippen LogP contribution in [0.4, 0.5) is 11.8 Å². The van der Waals surface area contributed by atoms with Gasteiger partial charge in [0.15, 0.2) is 0 Å². The first-order chi connectivity index (χ1) is 7.40. The van der Waals surface area contributed by atoms with Crippen molar-refractivity contribution in [2.24, 2.45) is 5.73 Å². The third-order valence-corrected chi connectivity index (χ3v) is 2.10. The molecule has 0 aliphatic carbocycles. The van der Waals surface area contributed by atoms with Crippen molar-refractivity contribution in [2.75, 3.05) is 17.2 Å². The molecule has 1 heterocycles. The summed E-state index contributed by atoms with van der Waals surface area (Å²) in [5.41, 5.74) is 11.5. The molecule has 0 unspecified atom stereocenters. The molecule has 0 aliphatic heterocycles. The van der Waals surface area contributed by atoms with Crippen LogP contribution in [0.1, 0.15) is 19.5 Å². The van der Waals surface area contributed by atoms with Crippen molar-refractivity contribution in [1.82, 2.24) is 9.97 Å². The van der Waals surface area contributed by atoms with Crippen molar-refractivity contribution in [3.8, 4) is 0 Å². The van der Waals surface area contributed by atoms with Crippen LogP contribution in [0, 0.1) is 6.92 Å². The highest BCUT2D eigenvalue weighted by Crippen LogP contribution is 2.15. The first kappa shape index (κ1) is 12.2. The van der Waals surface area contributed by atoms with Crippen molar-refractivity contribution in [3.05, 3.63) is 11.8 Å². The number of nitrogens with two attached hydrogens (primary N) is 2. The first-order valence-electron chi connectivity index (χ1n) is 5.06. The zero-order valence-corrected chi connectivity index (χ0v) is 9.77. The van der Waals surface area contributed by atoms with Gasteiger partial charge in [0.2, 0.25) is 11.9 Å². The molecule has 0 fully saturated rings. The maximum Gasteiger partial charge on any atom is 0.237 e. The van der Waals surface area contributed by atoms with Gasteiger partial charge in [-0.1, -0.05) is 0 Å². The number of aryl methyl sites for hydroxylation is 1. The van der Waals surface area contributed by atoms with E-state index in [-0.39, 0.29) is 18.5 Å². The maximum atomic E-state index is 11.0. The number of aromatic nitrogens is 2. The van der Waals surface area contributed by atoms with Crippen LogP contribution in [0.2, 0.25) is 0 Å². The standard InChI is InChI=1S/C10H17N5O/c1-6(2)15(5-8(11)16)9-4-7(3)13-10(12)14-9/h4,6H,5H2,1-3H3,(H2,11,16)(H2,12,13,14). The lowest BCUT2D eigenvalue weighted by Crippen LogP contribution is -2.39. The highest BCUT2D eigenvalue weighted by Gasteiger charge is 2.15. The lowest BCUT2D eigenvalue weighted by atomic mass is 10.3. The van der Waals surface area contributed by atoms with Crippen LogP contribution in [0.25, 0.3) is 0 Å². The third kappa shape index (κ3) is 3.08. The van der Waals surface area contributed by atoms with Gasteiger partial charge >= 0.3 is 0 Å². The molecule has 1 aromatic heterocycles. The van der Waals surface area contributed by atoms with Crippen LogP contribution >= 0.6 is 0 Å². The molecule has 1 amide bonds. The maximum absolute atomic E-state index is 11.0. The fourth-order valence-corrected chi connectivity index (χ4v) is 1.42. The highest BCUT2D eigenvalue weighted by molar-refractivity contribution is 5.79. The number of hydrogen-bond acceptors (Lipinski definition) is 5.